The van der Waals surface area contributed by atoms with Gasteiger partial charge in [0.25, 0.3) is 0 Å². The zero-order valence-corrected chi connectivity index (χ0v) is 14.5. The normalized spacial score (nSPS) is 12.4. The summed E-state index contributed by atoms with van der Waals surface area (Å²) < 4.78 is 29.1. The van der Waals surface area contributed by atoms with Crippen molar-refractivity contribution < 1.29 is 8.78 Å². The molecule has 1 atom stereocenters. The third-order valence-electron chi connectivity index (χ3n) is 3.11. The summed E-state index contributed by atoms with van der Waals surface area (Å²) in [4.78, 5) is 0. The zero-order chi connectivity index (χ0) is 14.7. The van der Waals surface area contributed by atoms with Gasteiger partial charge in [-0.25, -0.2) is 8.78 Å². The predicted octanol–water partition coefficient (Wildman–Crippen LogP) is 4.84. The molecule has 0 aromatic heterocycles. The first-order valence-corrected chi connectivity index (χ1v) is 7.94. The van der Waals surface area contributed by atoms with E-state index < -0.39 is 5.82 Å². The van der Waals surface area contributed by atoms with Gasteiger partial charge in [-0.2, -0.15) is 0 Å². The monoisotopic (exact) mass is 451 g/mol. The lowest BCUT2D eigenvalue weighted by atomic mass is 9.98. The van der Waals surface area contributed by atoms with E-state index in [4.69, 9.17) is 0 Å². The van der Waals surface area contributed by atoms with E-state index in [2.05, 4.69) is 43.8 Å². The average molecular weight is 452 g/mol. The Balaban J connectivity index is 2.33. The summed E-state index contributed by atoms with van der Waals surface area (Å²) in [6.45, 7) is 0. The van der Waals surface area contributed by atoms with Crippen molar-refractivity contribution in [2.75, 3.05) is 7.05 Å². The van der Waals surface area contributed by atoms with E-state index in [-0.39, 0.29) is 11.9 Å². The summed E-state index contributed by atoms with van der Waals surface area (Å²) >= 11 is 5.74. The number of benzene rings is 2. The van der Waals surface area contributed by atoms with Crippen LogP contribution in [-0.4, -0.2) is 7.05 Å². The van der Waals surface area contributed by atoms with E-state index in [1.807, 2.05) is 25.2 Å². The van der Waals surface area contributed by atoms with E-state index in [1.165, 1.54) is 12.1 Å². The second kappa shape index (κ2) is 6.95. The van der Waals surface area contributed by atoms with Crippen LogP contribution in [-0.2, 0) is 6.42 Å². The predicted molar refractivity (Wildman–Crippen MR) is 88.7 cm³/mol. The first kappa shape index (κ1) is 15.9. The van der Waals surface area contributed by atoms with Crippen molar-refractivity contribution in [2.24, 2.45) is 0 Å². The first-order chi connectivity index (χ1) is 9.51. The molecule has 5 heteroatoms. The Bertz CT molecular complexity index is 619. The molecule has 2 aromatic rings. The smallest absolute Gasteiger partial charge is 0.126 e. The highest BCUT2D eigenvalue weighted by Crippen LogP contribution is 2.28. The molecule has 0 bridgehead atoms. The van der Waals surface area contributed by atoms with Crippen molar-refractivity contribution in [1.82, 2.24) is 5.32 Å². The van der Waals surface area contributed by atoms with Gasteiger partial charge in [-0.15, -0.1) is 0 Å². The molecular formula is C15H13BrF2IN. The molecule has 0 fully saturated rings. The van der Waals surface area contributed by atoms with Gasteiger partial charge in [0.1, 0.15) is 11.6 Å². The van der Waals surface area contributed by atoms with Crippen LogP contribution in [0.25, 0.3) is 0 Å². The molecule has 0 radical (unpaired) electrons. The fraction of sp³-hybridized carbons (Fsp3) is 0.200. The number of likely N-dealkylation sites (N-methyl/N-ethyl adjacent to an activating group) is 1. The molecule has 0 spiro atoms. The second-order valence-corrected chi connectivity index (χ2v) is 6.55. The molecular weight excluding hydrogens is 439 g/mol. The topological polar surface area (TPSA) is 12.0 Å². The van der Waals surface area contributed by atoms with E-state index in [0.29, 0.717) is 12.0 Å². The Morgan fingerprint density at radius 1 is 1.20 bits per heavy atom. The van der Waals surface area contributed by atoms with Crippen LogP contribution in [0, 0.1) is 15.2 Å². The Morgan fingerprint density at radius 2 is 1.95 bits per heavy atom. The van der Waals surface area contributed by atoms with E-state index in [1.54, 1.807) is 0 Å². The quantitative estimate of drug-likeness (QED) is 0.656. The molecule has 1 nitrogen and oxygen atoms in total. The Kier molecular flexibility index (Phi) is 5.51. The number of nitrogens with one attached hydrogen (secondary N) is 1. The van der Waals surface area contributed by atoms with Crippen LogP contribution in [0.5, 0.6) is 0 Å². The third-order valence-corrected chi connectivity index (χ3v) is 4.51. The molecule has 106 valence electrons. The maximum Gasteiger partial charge on any atom is 0.126 e. The molecule has 0 aliphatic heterocycles. The lowest BCUT2D eigenvalue weighted by Crippen LogP contribution is -2.20. The van der Waals surface area contributed by atoms with Gasteiger partial charge < -0.3 is 5.32 Å². The average Bonchev–Trinajstić information content (AvgIpc) is 2.42. The fourth-order valence-electron chi connectivity index (χ4n) is 2.07. The second-order valence-electron chi connectivity index (χ2n) is 4.45. The molecule has 2 aromatic carbocycles. The van der Waals surface area contributed by atoms with Crippen LogP contribution in [0.2, 0.25) is 0 Å². The summed E-state index contributed by atoms with van der Waals surface area (Å²) in [6, 6.07) is 9.45. The minimum atomic E-state index is -0.419. The van der Waals surface area contributed by atoms with Gasteiger partial charge in [-0.3, -0.25) is 0 Å². The van der Waals surface area contributed by atoms with Gasteiger partial charge in [-0.1, -0.05) is 15.9 Å². The lowest BCUT2D eigenvalue weighted by molar-refractivity contribution is 0.543. The number of hydrogen-bond donors (Lipinski definition) is 1. The largest absolute Gasteiger partial charge is 0.313 e. The molecule has 20 heavy (non-hydrogen) atoms. The minimum Gasteiger partial charge on any atom is -0.313 e. The Morgan fingerprint density at radius 3 is 2.65 bits per heavy atom. The minimum absolute atomic E-state index is 0.0876. The van der Waals surface area contributed by atoms with Gasteiger partial charge in [0.2, 0.25) is 0 Å². The van der Waals surface area contributed by atoms with E-state index >= 15 is 0 Å². The SMILES string of the molecule is CNC(Cc1cc(F)ccc1F)c1cc(I)ccc1Br. The highest BCUT2D eigenvalue weighted by molar-refractivity contribution is 14.1. The Hall–Kier alpha value is -0.530. The molecule has 0 saturated heterocycles. The lowest BCUT2D eigenvalue weighted by Gasteiger charge is -2.19. The van der Waals surface area contributed by atoms with Crippen LogP contribution >= 0.6 is 38.5 Å². The van der Waals surface area contributed by atoms with Crippen LogP contribution in [0.1, 0.15) is 17.2 Å². The molecule has 0 saturated carbocycles. The van der Waals surface area contributed by atoms with E-state index in [9.17, 15) is 8.78 Å². The van der Waals surface area contributed by atoms with Gasteiger partial charge in [0.15, 0.2) is 0 Å². The molecule has 1 unspecified atom stereocenters. The maximum absolute atomic E-state index is 13.8. The molecule has 0 heterocycles. The highest BCUT2D eigenvalue weighted by atomic mass is 127. The molecule has 2 rings (SSSR count). The molecule has 0 aliphatic rings. The van der Waals surface area contributed by atoms with Crippen molar-refractivity contribution in [1.29, 1.82) is 0 Å². The first-order valence-electron chi connectivity index (χ1n) is 6.07. The standard InChI is InChI=1S/C15H13BrF2IN/c1-20-15(12-8-11(19)3-4-13(12)16)7-9-6-10(17)2-5-14(9)18/h2-6,8,15,20H,7H2,1H3. The van der Waals surface area contributed by atoms with Crippen molar-refractivity contribution >= 4 is 38.5 Å². The summed E-state index contributed by atoms with van der Waals surface area (Å²) in [6.07, 6.45) is 0.388. The van der Waals surface area contributed by atoms with Gasteiger partial charge in [0, 0.05) is 14.1 Å². The van der Waals surface area contributed by atoms with Crippen molar-refractivity contribution in [3.05, 3.63) is 67.2 Å². The van der Waals surface area contributed by atoms with Crippen LogP contribution in [0.15, 0.2) is 40.9 Å². The van der Waals surface area contributed by atoms with E-state index in [0.717, 1.165) is 19.7 Å². The number of rotatable bonds is 4. The van der Waals surface area contributed by atoms with Crippen molar-refractivity contribution in [3.8, 4) is 0 Å². The summed E-state index contributed by atoms with van der Waals surface area (Å²) in [5, 5.41) is 3.16. The Labute approximate surface area is 139 Å². The van der Waals surface area contributed by atoms with Crippen LogP contribution < -0.4 is 5.32 Å². The highest BCUT2D eigenvalue weighted by Gasteiger charge is 2.16. The zero-order valence-electron chi connectivity index (χ0n) is 10.8. The van der Waals surface area contributed by atoms with Gasteiger partial charge in [0.05, 0.1) is 0 Å². The van der Waals surface area contributed by atoms with Crippen LogP contribution in [0.3, 0.4) is 0 Å². The molecule has 0 aliphatic carbocycles. The third kappa shape index (κ3) is 3.77. The van der Waals surface area contributed by atoms with Crippen molar-refractivity contribution in [2.45, 2.75) is 12.5 Å². The summed E-state index contributed by atoms with van der Waals surface area (Å²) in [7, 11) is 1.81. The van der Waals surface area contributed by atoms with Gasteiger partial charge >= 0.3 is 0 Å². The van der Waals surface area contributed by atoms with Crippen LogP contribution in [0.4, 0.5) is 8.78 Å². The number of halogens is 4. The van der Waals surface area contributed by atoms with Gasteiger partial charge in [-0.05, 0) is 83.6 Å². The summed E-state index contributed by atoms with van der Waals surface area (Å²) in [5.74, 6) is -0.800. The fourth-order valence-corrected chi connectivity index (χ4v) is 3.11. The summed E-state index contributed by atoms with van der Waals surface area (Å²) in [5.41, 5.74) is 1.40. The molecule has 1 N–H and O–H groups in total. The maximum atomic E-state index is 13.8. The van der Waals surface area contributed by atoms with Crippen molar-refractivity contribution in [3.63, 3.8) is 0 Å². The number of hydrogen-bond acceptors (Lipinski definition) is 1. The molecule has 0 amide bonds.